The maximum atomic E-state index is 11.8. The van der Waals surface area contributed by atoms with Crippen LogP contribution in [0.15, 0.2) is 30.6 Å². The molecule has 1 aliphatic carbocycles. The van der Waals surface area contributed by atoms with Crippen molar-refractivity contribution in [3.05, 3.63) is 36.2 Å². The third-order valence-electron chi connectivity index (χ3n) is 2.60. The molecule has 16 heavy (non-hydrogen) atoms. The normalized spacial score (nSPS) is 23.4. The topological polar surface area (TPSA) is 68.0 Å². The van der Waals surface area contributed by atoms with Crippen molar-refractivity contribution in [1.29, 1.82) is 0 Å². The summed E-state index contributed by atoms with van der Waals surface area (Å²) in [6.07, 6.45) is 7.82. The number of carbonyl (C=O) groups is 1. The lowest BCUT2D eigenvalue weighted by atomic mass is 10.1. The predicted octanol–water partition coefficient (Wildman–Crippen LogP) is 1.23. The van der Waals surface area contributed by atoms with Crippen molar-refractivity contribution >= 4 is 11.6 Å². The molecule has 1 aliphatic rings. The summed E-state index contributed by atoms with van der Waals surface area (Å²) < 4.78 is 0. The fourth-order valence-corrected chi connectivity index (χ4v) is 1.78. The maximum absolute atomic E-state index is 11.8. The molecule has 2 rings (SSSR count). The molecule has 1 aromatic rings. The van der Waals surface area contributed by atoms with Crippen LogP contribution in [0.3, 0.4) is 0 Å². The summed E-state index contributed by atoms with van der Waals surface area (Å²) in [6, 6.07) is 1.90. The van der Waals surface area contributed by atoms with Crippen molar-refractivity contribution in [2.24, 2.45) is 11.7 Å². The van der Waals surface area contributed by atoms with Crippen LogP contribution in [0.25, 0.3) is 0 Å². The van der Waals surface area contributed by atoms with E-state index in [1.807, 2.05) is 25.1 Å². The summed E-state index contributed by atoms with van der Waals surface area (Å²) in [7, 11) is 0. The van der Waals surface area contributed by atoms with Gasteiger partial charge in [0.05, 0.1) is 17.8 Å². The number of carbonyl (C=O) groups excluding carboxylic acids is 1. The van der Waals surface area contributed by atoms with E-state index in [9.17, 15) is 4.79 Å². The van der Waals surface area contributed by atoms with E-state index in [0.717, 1.165) is 11.3 Å². The van der Waals surface area contributed by atoms with Crippen LogP contribution in [0.5, 0.6) is 0 Å². The van der Waals surface area contributed by atoms with Crippen LogP contribution >= 0.6 is 0 Å². The molecule has 4 nitrogen and oxygen atoms in total. The van der Waals surface area contributed by atoms with E-state index in [2.05, 4.69) is 10.3 Å². The van der Waals surface area contributed by atoms with Gasteiger partial charge in [-0.2, -0.15) is 0 Å². The van der Waals surface area contributed by atoms with Gasteiger partial charge in [-0.15, -0.1) is 0 Å². The van der Waals surface area contributed by atoms with Crippen LogP contribution in [0.1, 0.15) is 12.0 Å². The van der Waals surface area contributed by atoms with Crippen molar-refractivity contribution in [2.45, 2.75) is 19.4 Å². The third kappa shape index (κ3) is 2.46. The van der Waals surface area contributed by atoms with E-state index in [0.29, 0.717) is 6.42 Å². The smallest absolute Gasteiger partial charge is 0.231 e. The minimum Gasteiger partial charge on any atom is -0.324 e. The highest BCUT2D eigenvalue weighted by atomic mass is 16.1. The van der Waals surface area contributed by atoms with E-state index in [1.54, 1.807) is 12.4 Å². The Balaban J connectivity index is 2.00. The van der Waals surface area contributed by atoms with Gasteiger partial charge < -0.3 is 11.1 Å². The zero-order valence-corrected chi connectivity index (χ0v) is 9.18. The molecule has 0 aliphatic heterocycles. The van der Waals surface area contributed by atoms with E-state index >= 15 is 0 Å². The van der Waals surface area contributed by atoms with Gasteiger partial charge in [0.1, 0.15) is 0 Å². The first kappa shape index (κ1) is 10.8. The van der Waals surface area contributed by atoms with Gasteiger partial charge in [-0.1, -0.05) is 12.2 Å². The summed E-state index contributed by atoms with van der Waals surface area (Å²) in [6.45, 7) is 1.94. The number of nitrogens with two attached hydrogens (primary N) is 1. The highest BCUT2D eigenvalue weighted by molar-refractivity contribution is 5.93. The molecule has 1 heterocycles. The van der Waals surface area contributed by atoms with Crippen molar-refractivity contribution in [3.8, 4) is 0 Å². The van der Waals surface area contributed by atoms with Crippen molar-refractivity contribution in [2.75, 3.05) is 5.32 Å². The largest absolute Gasteiger partial charge is 0.324 e. The van der Waals surface area contributed by atoms with Gasteiger partial charge in [0, 0.05) is 12.2 Å². The Morgan fingerprint density at radius 1 is 1.50 bits per heavy atom. The van der Waals surface area contributed by atoms with Crippen LogP contribution in [-0.4, -0.2) is 16.9 Å². The number of nitrogens with one attached hydrogen (secondary N) is 1. The highest BCUT2D eigenvalue weighted by Crippen LogP contribution is 2.18. The standard InChI is InChI=1S/C12H15N3O/c1-8-4-11(7-14-6-8)15-12(16)9-2-3-10(13)5-9/h2-4,6-7,9-10H,5,13H2,1H3,(H,15,16). The Bertz CT molecular complexity index is 428. The van der Waals surface area contributed by atoms with Crippen molar-refractivity contribution in [3.63, 3.8) is 0 Å². The number of amides is 1. The SMILES string of the molecule is Cc1cncc(NC(=O)C2C=CC(N)C2)c1. The van der Waals surface area contributed by atoms with Gasteiger partial charge in [-0.05, 0) is 25.0 Å². The van der Waals surface area contributed by atoms with E-state index in [4.69, 9.17) is 5.73 Å². The molecule has 0 saturated carbocycles. The average molecular weight is 217 g/mol. The molecule has 0 spiro atoms. The Morgan fingerprint density at radius 2 is 2.31 bits per heavy atom. The summed E-state index contributed by atoms with van der Waals surface area (Å²) in [4.78, 5) is 15.8. The molecule has 0 bridgehead atoms. The zero-order valence-electron chi connectivity index (χ0n) is 9.18. The van der Waals surface area contributed by atoms with Crippen molar-refractivity contribution in [1.82, 2.24) is 4.98 Å². The molecule has 4 heteroatoms. The number of nitrogens with zero attached hydrogens (tertiary/aromatic N) is 1. The van der Waals surface area contributed by atoms with E-state index in [-0.39, 0.29) is 17.9 Å². The second-order valence-electron chi connectivity index (χ2n) is 4.13. The van der Waals surface area contributed by atoms with Crippen LogP contribution in [0.2, 0.25) is 0 Å². The molecular formula is C12H15N3O. The second-order valence-corrected chi connectivity index (χ2v) is 4.13. The lowest BCUT2D eigenvalue weighted by Gasteiger charge is -2.10. The highest BCUT2D eigenvalue weighted by Gasteiger charge is 2.22. The Hall–Kier alpha value is -1.68. The number of aromatic nitrogens is 1. The monoisotopic (exact) mass is 217 g/mol. The summed E-state index contributed by atoms with van der Waals surface area (Å²) >= 11 is 0. The average Bonchev–Trinajstić information content (AvgIpc) is 2.65. The second kappa shape index (κ2) is 4.45. The first-order chi connectivity index (χ1) is 7.65. The zero-order chi connectivity index (χ0) is 11.5. The molecule has 3 N–H and O–H groups in total. The lowest BCUT2D eigenvalue weighted by molar-refractivity contribution is -0.118. The molecule has 0 fully saturated rings. The van der Waals surface area contributed by atoms with Crippen LogP contribution in [-0.2, 0) is 4.79 Å². The Labute approximate surface area is 94.6 Å². The maximum Gasteiger partial charge on any atom is 0.231 e. The summed E-state index contributed by atoms with van der Waals surface area (Å²) in [5, 5.41) is 2.84. The fraction of sp³-hybridized carbons (Fsp3) is 0.333. The number of hydrogen-bond donors (Lipinski definition) is 2. The first-order valence-electron chi connectivity index (χ1n) is 5.31. The van der Waals surface area contributed by atoms with Gasteiger partial charge >= 0.3 is 0 Å². The van der Waals surface area contributed by atoms with Crippen LogP contribution in [0.4, 0.5) is 5.69 Å². The number of anilines is 1. The molecular weight excluding hydrogens is 202 g/mol. The number of aryl methyl sites for hydroxylation is 1. The molecule has 2 unspecified atom stereocenters. The predicted molar refractivity (Wildman–Crippen MR) is 62.8 cm³/mol. The van der Waals surface area contributed by atoms with E-state index in [1.165, 1.54) is 0 Å². The van der Waals surface area contributed by atoms with Gasteiger partial charge in [0.25, 0.3) is 0 Å². The fourth-order valence-electron chi connectivity index (χ4n) is 1.78. The van der Waals surface area contributed by atoms with Crippen LogP contribution < -0.4 is 11.1 Å². The third-order valence-corrected chi connectivity index (χ3v) is 2.60. The summed E-state index contributed by atoms with van der Waals surface area (Å²) in [5.74, 6) is -0.132. The Morgan fingerprint density at radius 3 is 2.94 bits per heavy atom. The van der Waals surface area contributed by atoms with Gasteiger partial charge in [-0.3, -0.25) is 9.78 Å². The minimum absolute atomic E-state index is 0.00591. The van der Waals surface area contributed by atoms with Gasteiger partial charge in [-0.25, -0.2) is 0 Å². The number of rotatable bonds is 2. The molecule has 84 valence electrons. The van der Waals surface area contributed by atoms with Gasteiger partial charge in [0.15, 0.2) is 0 Å². The molecule has 2 atom stereocenters. The molecule has 0 saturated heterocycles. The van der Waals surface area contributed by atoms with E-state index < -0.39 is 0 Å². The lowest BCUT2D eigenvalue weighted by Crippen LogP contribution is -2.24. The number of hydrogen-bond acceptors (Lipinski definition) is 3. The van der Waals surface area contributed by atoms with Crippen molar-refractivity contribution < 1.29 is 4.79 Å². The van der Waals surface area contributed by atoms with Gasteiger partial charge in [0.2, 0.25) is 5.91 Å². The molecule has 0 radical (unpaired) electrons. The number of pyridine rings is 1. The Kier molecular flexibility index (Phi) is 3.01. The van der Waals surface area contributed by atoms with Crippen LogP contribution in [0, 0.1) is 12.8 Å². The molecule has 0 aromatic carbocycles. The summed E-state index contributed by atoms with van der Waals surface area (Å²) in [5.41, 5.74) is 7.46. The molecule has 1 amide bonds. The minimum atomic E-state index is -0.115. The molecule has 1 aromatic heterocycles. The quantitative estimate of drug-likeness (QED) is 0.732. The first-order valence-corrected chi connectivity index (χ1v) is 5.31.